The van der Waals surface area contributed by atoms with Crippen LogP contribution in [-0.2, 0) is 6.42 Å². The number of thiophene rings is 1. The fourth-order valence-corrected chi connectivity index (χ4v) is 5.28. The standard InChI is InChI=1S/C13H11Br2ClS/c1-2-8-5-3-4-6-9(8)12(16)10-7-11(14)17-13(10)15/h3-7,12H,2H2,1H3. The molecular formula is C13H11Br2ClS. The summed E-state index contributed by atoms with van der Waals surface area (Å²) in [5.41, 5.74) is 3.63. The number of halogens is 3. The summed E-state index contributed by atoms with van der Waals surface area (Å²) < 4.78 is 2.19. The van der Waals surface area contributed by atoms with Gasteiger partial charge in [-0.25, -0.2) is 0 Å². The van der Waals surface area contributed by atoms with Gasteiger partial charge >= 0.3 is 0 Å². The molecule has 0 radical (unpaired) electrons. The van der Waals surface area contributed by atoms with Crippen LogP contribution in [0.3, 0.4) is 0 Å². The molecule has 4 heteroatoms. The molecule has 0 aliphatic rings. The number of hydrogen-bond donors (Lipinski definition) is 0. The molecule has 2 aromatic rings. The Morgan fingerprint density at radius 2 is 1.94 bits per heavy atom. The molecule has 0 saturated carbocycles. The van der Waals surface area contributed by atoms with Crippen LogP contribution in [0.4, 0.5) is 0 Å². The highest BCUT2D eigenvalue weighted by molar-refractivity contribution is 9.12. The molecule has 2 rings (SSSR count). The summed E-state index contributed by atoms with van der Waals surface area (Å²) in [6.45, 7) is 2.15. The molecule has 0 spiro atoms. The lowest BCUT2D eigenvalue weighted by Gasteiger charge is -2.13. The van der Waals surface area contributed by atoms with E-state index in [9.17, 15) is 0 Å². The molecule has 90 valence electrons. The fraction of sp³-hybridized carbons (Fsp3) is 0.231. The van der Waals surface area contributed by atoms with Gasteiger partial charge in [0.25, 0.3) is 0 Å². The zero-order valence-corrected chi connectivity index (χ0v) is 14.0. The van der Waals surface area contributed by atoms with Gasteiger partial charge in [0.05, 0.1) is 12.9 Å². The second-order valence-electron chi connectivity index (χ2n) is 3.69. The molecule has 0 N–H and O–H groups in total. The Morgan fingerprint density at radius 1 is 1.24 bits per heavy atom. The minimum absolute atomic E-state index is 0.0944. The van der Waals surface area contributed by atoms with Gasteiger partial charge in [-0.1, -0.05) is 31.2 Å². The van der Waals surface area contributed by atoms with Gasteiger partial charge in [-0.15, -0.1) is 22.9 Å². The summed E-state index contributed by atoms with van der Waals surface area (Å²) in [5, 5.41) is -0.0944. The largest absolute Gasteiger partial charge is 0.121 e. The minimum atomic E-state index is -0.0944. The molecule has 1 aromatic carbocycles. The molecule has 1 aromatic heterocycles. The van der Waals surface area contributed by atoms with Crippen LogP contribution in [0, 0.1) is 0 Å². The molecular weight excluding hydrogens is 383 g/mol. The summed E-state index contributed by atoms with van der Waals surface area (Å²) in [7, 11) is 0. The smallest absolute Gasteiger partial charge is 0.0857 e. The molecule has 0 aliphatic carbocycles. The molecule has 0 bridgehead atoms. The predicted octanol–water partition coefficient (Wildman–Crippen LogP) is 6.16. The van der Waals surface area contributed by atoms with E-state index in [0.717, 1.165) is 19.6 Å². The van der Waals surface area contributed by atoms with Crippen molar-refractivity contribution < 1.29 is 0 Å². The normalized spacial score (nSPS) is 12.7. The summed E-state index contributed by atoms with van der Waals surface area (Å²) >= 11 is 15.3. The van der Waals surface area contributed by atoms with Gasteiger partial charge in [0.2, 0.25) is 0 Å². The quantitative estimate of drug-likeness (QED) is 0.547. The zero-order valence-electron chi connectivity index (χ0n) is 9.21. The molecule has 0 nitrogen and oxygen atoms in total. The van der Waals surface area contributed by atoms with Gasteiger partial charge in [0.15, 0.2) is 0 Å². The highest BCUT2D eigenvalue weighted by Crippen LogP contribution is 2.41. The molecule has 0 amide bonds. The van der Waals surface area contributed by atoms with Gasteiger partial charge in [-0.05, 0) is 55.5 Å². The van der Waals surface area contributed by atoms with Gasteiger partial charge in [0, 0.05) is 5.56 Å². The van der Waals surface area contributed by atoms with Crippen LogP contribution in [-0.4, -0.2) is 0 Å². The summed E-state index contributed by atoms with van der Waals surface area (Å²) in [6.07, 6.45) is 1.00. The van der Waals surface area contributed by atoms with Gasteiger partial charge in [-0.2, -0.15) is 0 Å². The van der Waals surface area contributed by atoms with Crippen molar-refractivity contribution in [1.29, 1.82) is 0 Å². The average Bonchev–Trinajstić information content (AvgIpc) is 2.67. The van der Waals surface area contributed by atoms with Crippen molar-refractivity contribution in [2.24, 2.45) is 0 Å². The van der Waals surface area contributed by atoms with E-state index in [1.54, 1.807) is 11.3 Å². The van der Waals surface area contributed by atoms with E-state index in [4.69, 9.17) is 11.6 Å². The second-order valence-corrected chi connectivity index (χ2v) is 7.88. The van der Waals surface area contributed by atoms with Crippen LogP contribution in [0.25, 0.3) is 0 Å². The molecule has 1 atom stereocenters. The SMILES string of the molecule is CCc1ccccc1C(Cl)c1cc(Br)sc1Br. The number of rotatable bonds is 3. The first-order chi connectivity index (χ1) is 8.13. The Hall–Kier alpha value is 0.170. The number of benzene rings is 1. The van der Waals surface area contributed by atoms with E-state index in [-0.39, 0.29) is 5.38 Å². The van der Waals surface area contributed by atoms with Crippen LogP contribution in [0.2, 0.25) is 0 Å². The summed E-state index contributed by atoms with van der Waals surface area (Å²) in [4.78, 5) is 0. The van der Waals surface area contributed by atoms with Crippen LogP contribution >= 0.6 is 54.8 Å². The molecule has 0 fully saturated rings. The highest BCUT2D eigenvalue weighted by atomic mass is 79.9. The number of aryl methyl sites for hydroxylation is 1. The first kappa shape index (κ1) is 13.6. The third-order valence-electron chi connectivity index (χ3n) is 2.67. The van der Waals surface area contributed by atoms with Gasteiger partial charge < -0.3 is 0 Å². The Bertz CT molecular complexity index is 522. The van der Waals surface area contributed by atoms with Crippen molar-refractivity contribution in [3.8, 4) is 0 Å². The van der Waals surface area contributed by atoms with Crippen LogP contribution in [0.15, 0.2) is 37.9 Å². The lowest BCUT2D eigenvalue weighted by atomic mass is 9.99. The van der Waals surface area contributed by atoms with Crippen LogP contribution in [0.1, 0.15) is 29.0 Å². The third kappa shape index (κ3) is 2.95. The maximum absolute atomic E-state index is 6.59. The van der Waals surface area contributed by atoms with E-state index in [2.05, 4.69) is 63.0 Å². The minimum Gasteiger partial charge on any atom is -0.121 e. The number of hydrogen-bond acceptors (Lipinski definition) is 1. The van der Waals surface area contributed by atoms with Crippen molar-refractivity contribution in [2.45, 2.75) is 18.7 Å². The van der Waals surface area contributed by atoms with Crippen molar-refractivity contribution in [3.63, 3.8) is 0 Å². The topological polar surface area (TPSA) is 0 Å². The Balaban J connectivity index is 2.43. The fourth-order valence-electron chi connectivity index (χ4n) is 1.80. The summed E-state index contributed by atoms with van der Waals surface area (Å²) in [6, 6.07) is 10.4. The van der Waals surface area contributed by atoms with Crippen molar-refractivity contribution in [2.75, 3.05) is 0 Å². The molecule has 1 heterocycles. The third-order valence-corrected chi connectivity index (χ3v) is 5.52. The zero-order chi connectivity index (χ0) is 12.4. The van der Waals surface area contributed by atoms with E-state index in [0.29, 0.717) is 0 Å². The van der Waals surface area contributed by atoms with Crippen LogP contribution in [0.5, 0.6) is 0 Å². The van der Waals surface area contributed by atoms with E-state index < -0.39 is 0 Å². The first-order valence-electron chi connectivity index (χ1n) is 5.30. The predicted molar refractivity (Wildman–Crippen MR) is 83.2 cm³/mol. The van der Waals surface area contributed by atoms with E-state index >= 15 is 0 Å². The molecule has 1 unspecified atom stereocenters. The maximum atomic E-state index is 6.59. The lowest BCUT2D eigenvalue weighted by molar-refractivity contribution is 1.04. The first-order valence-corrected chi connectivity index (χ1v) is 8.14. The van der Waals surface area contributed by atoms with Gasteiger partial charge in [-0.3, -0.25) is 0 Å². The maximum Gasteiger partial charge on any atom is 0.0857 e. The van der Waals surface area contributed by atoms with Crippen LogP contribution < -0.4 is 0 Å². The molecule has 0 aliphatic heterocycles. The Morgan fingerprint density at radius 3 is 2.53 bits per heavy atom. The number of alkyl halides is 1. The highest BCUT2D eigenvalue weighted by Gasteiger charge is 2.18. The Labute approximate surface area is 127 Å². The summed E-state index contributed by atoms with van der Waals surface area (Å²) in [5.74, 6) is 0. The van der Waals surface area contributed by atoms with Gasteiger partial charge in [0.1, 0.15) is 0 Å². The second kappa shape index (κ2) is 5.87. The Kier molecular flexibility index (Phi) is 4.70. The molecule has 17 heavy (non-hydrogen) atoms. The lowest BCUT2D eigenvalue weighted by Crippen LogP contribution is -1.97. The average molecular weight is 395 g/mol. The van der Waals surface area contributed by atoms with E-state index in [1.807, 2.05) is 6.07 Å². The van der Waals surface area contributed by atoms with Crippen molar-refractivity contribution in [3.05, 3.63) is 54.6 Å². The molecule has 0 saturated heterocycles. The van der Waals surface area contributed by atoms with Crippen molar-refractivity contribution in [1.82, 2.24) is 0 Å². The van der Waals surface area contributed by atoms with Crippen molar-refractivity contribution >= 4 is 54.8 Å². The van der Waals surface area contributed by atoms with E-state index in [1.165, 1.54) is 11.1 Å². The monoisotopic (exact) mass is 392 g/mol.